The molecule has 0 saturated carbocycles. The van der Waals surface area contributed by atoms with Crippen LogP contribution < -0.4 is 10.2 Å². The van der Waals surface area contributed by atoms with Crippen LogP contribution in [0.1, 0.15) is 15.2 Å². The third-order valence-corrected chi connectivity index (χ3v) is 6.17. The maximum absolute atomic E-state index is 12.6. The number of piperazine rings is 1. The Morgan fingerprint density at radius 3 is 2.61 bits per heavy atom. The Bertz CT molecular complexity index is 986. The van der Waals surface area contributed by atoms with Crippen molar-refractivity contribution in [3.63, 3.8) is 0 Å². The van der Waals surface area contributed by atoms with Gasteiger partial charge in [-0.15, -0.1) is 11.3 Å². The molecule has 0 radical (unpaired) electrons. The first-order chi connectivity index (χ1) is 13.6. The number of aromatic nitrogens is 3. The molecule has 0 spiro atoms. The number of amides is 1. The summed E-state index contributed by atoms with van der Waals surface area (Å²) in [7, 11) is 0. The lowest BCUT2D eigenvalue weighted by atomic mass is 10.3. The Morgan fingerprint density at radius 2 is 1.89 bits per heavy atom. The molecule has 0 bridgehead atoms. The van der Waals surface area contributed by atoms with Crippen LogP contribution in [0.15, 0.2) is 46.6 Å². The van der Waals surface area contributed by atoms with E-state index in [0.717, 1.165) is 39.6 Å². The summed E-state index contributed by atoms with van der Waals surface area (Å²) in [6, 6.07) is 7.71. The van der Waals surface area contributed by atoms with Crippen LogP contribution in [-0.2, 0) is 0 Å². The molecule has 144 valence electrons. The second-order valence-electron chi connectivity index (χ2n) is 6.51. The van der Waals surface area contributed by atoms with Gasteiger partial charge in [0.05, 0.1) is 4.88 Å². The molecule has 0 unspecified atom stereocenters. The molecule has 3 aromatic rings. The summed E-state index contributed by atoms with van der Waals surface area (Å²) in [5, 5.41) is 5.15. The number of carbonyl (C=O) groups is 1. The zero-order valence-corrected chi connectivity index (χ0v) is 17.7. The molecule has 1 saturated heterocycles. The summed E-state index contributed by atoms with van der Waals surface area (Å²) in [5.41, 5.74) is 1.13. The quantitative estimate of drug-likeness (QED) is 0.642. The van der Waals surface area contributed by atoms with Gasteiger partial charge < -0.3 is 15.1 Å². The van der Waals surface area contributed by atoms with Gasteiger partial charge in [0.2, 0.25) is 0 Å². The number of nitrogens with zero attached hydrogens (tertiary/aromatic N) is 5. The SMILES string of the molecule is Cc1ccnc(Nc2cc(N3CCN(C(=O)c4cc(Br)cs4)CC3)ncn2)c1. The highest BCUT2D eigenvalue weighted by Crippen LogP contribution is 2.23. The Morgan fingerprint density at radius 1 is 1.11 bits per heavy atom. The summed E-state index contributed by atoms with van der Waals surface area (Å²) in [6.07, 6.45) is 3.32. The third-order valence-electron chi connectivity index (χ3n) is 4.49. The molecule has 1 amide bonds. The number of pyridine rings is 1. The van der Waals surface area contributed by atoms with Crippen LogP contribution in [0.4, 0.5) is 17.5 Å². The van der Waals surface area contributed by atoms with Crippen molar-refractivity contribution in [1.29, 1.82) is 0 Å². The van der Waals surface area contributed by atoms with Crippen molar-refractivity contribution >= 4 is 50.6 Å². The molecule has 0 atom stereocenters. The second kappa shape index (κ2) is 8.24. The Labute approximate surface area is 175 Å². The van der Waals surface area contributed by atoms with E-state index in [1.54, 1.807) is 12.5 Å². The minimum atomic E-state index is 0.0888. The van der Waals surface area contributed by atoms with Crippen LogP contribution >= 0.6 is 27.3 Å². The number of carbonyl (C=O) groups excluding carboxylic acids is 1. The smallest absolute Gasteiger partial charge is 0.264 e. The molecule has 1 aliphatic heterocycles. The van der Waals surface area contributed by atoms with Crippen molar-refractivity contribution in [2.75, 3.05) is 36.4 Å². The summed E-state index contributed by atoms with van der Waals surface area (Å²) in [6.45, 7) is 4.82. The van der Waals surface area contributed by atoms with Crippen LogP contribution in [0.2, 0.25) is 0 Å². The van der Waals surface area contributed by atoms with Gasteiger partial charge in [0.25, 0.3) is 5.91 Å². The normalized spacial score (nSPS) is 14.2. The highest BCUT2D eigenvalue weighted by molar-refractivity contribution is 9.10. The van der Waals surface area contributed by atoms with E-state index in [2.05, 4.69) is 41.1 Å². The van der Waals surface area contributed by atoms with Gasteiger partial charge in [0, 0.05) is 48.3 Å². The molecule has 9 heteroatoms. The van der Waals surface area contributed by atoms with Crippen LogP contribution in [0.25, 0.3) is 0 Å². The van der Waals surface area contributed by atoms with E-state index in [-0.39, 0.29) is 5.91 Å². The van der Waals surface area contributed by atoms with Gasteiger partial charge in [-0.2, -0.15) is 0 Å². The van der Waals surface area contributed by atoms with Crippen molar-refractivity contribution in [3.05, 3.63) is 57.1 Å². The Balaban J connectivity index is 1.40. The van der Waals surface area contributed by atoms with Crippen molar-refractivity contribution in [1.82, 2.24) is 19.9 Å². The van der Waals surface area contributed by atoms with Crippen LogP contribution in [-0.4, -0.2) is 51.9 Å². The first kappa shape index (κ1) is 18.8. The number of halogens is 1. The van der Waals surface area contributed by atoms with Crippen molar-refractivity contribution in [2.45, 2.75) is 6.92 Å². The van der Waals surface area contributed by atoms with E-state index in [1.807, 2.05) is 41.5 Å². The maximum Gasteiger partial charge on any atom is 0.264 e. The molecular formula is C19H19BrN6OS. The van der Waals surface area contributed by atoms with E-state index in [4.69, 9.17) is 0 Å². The minimum Gasteiger partial charge on any atom is -0.353 e. The monoisotopic (exact) mass is 458 g/mol. The predicted molar refractivity (Wildman–Crippen MR) is 114 cm³/mol. The van der Waals surface area contributed by atoms with Crippen LogP contribution in [0, 0.1) is 6.92 Å². The minimum absolute atomic E-state index is 0.0888. The second-order valence-corrected chi connectivity index (χ2v) is 8.34. The van der Waals surface area contributed by atoms with Gasteiger partial charge in [0.1, 0.15) is 23.8 Å². The lowest BCUT2D eigenvalue weighted by Gasteiger charge is -2.35. The fourth-order valence-corrected chi connectivity index (χ4v) is 4.44. The largest absolute Gasteiger partial charge is 0.353 e. The standard InChI is InChI=1S/C19H19BrN6OS/c1-13-2-3-21-16(8-13)24-17-10-18(23-12-22-17)25-4-6-26(7-5-25)19(27)15-9-14(20)11-28-15/h2-3,8-12H,4-7H2,1H3,(H,21,22,23,24). The van der Waals surface area contributed by atoms with Gasteiger partial charge in [-0.3, -0.25) is 4.79 Å². The fraction of sp³-hybridized carbons (Fsp3) is 0.263. The first-order valence-electron chi connectivity index (χ1n) is 8.88. The maximum atomic E-state index is 12.6. The highest BCUT2D eigenvalue weighted by atomic mass is 79.9. The number of anilines is 3. The van der Waals surface area contributed by atoms with Crippen molar-refractivity contribution in [2.24, 2.45) is 0 Å². The Hall–Kier alpha value is -2.52. The van der Waals surface area contributed by atoms with E-state index in [9.17, 15) is 4.79 Å². The zero-order chi connectivity index (χ0) is 19.5. The molecular weight excluding hydrogens is 440 g/mol. The van der Waals surface area contributed by atoms with Gasteiger partial charge in [-0.25, -0.2) is 15.0 Å². The molecule has 1 fully saturated rings. The van der Waals surface area contributed by atoms with Gasteiger partial charge in [-0.1, -0.05) is 0 Å². The first-order valence-corrected chi connectivity index (χ1v) is 10.6. The fourth-order valence-electron chi connectivity index (χ4n) is 3.04. The molecule has 0 aromatic carbocycles. The average molecular weight is 459 g/mol. The number of aryl methyl sites for hydroxylation is 1. The molecule has 0 aliphatic carbocycles. The average Bonchev–Trinajstić information content (AvgIpc) is 3.14. The number of thiophene rings is 1. The van der Waals surface area contributed by atoms with Gasteiger partial charge in [-0.05, 0) is 46.6 Å². The van der Waals surface area contributed by atoms with Crippen molar-refractivity contribution in [3.8, 4) is 0 Å². The van der Waals surface area contributed by atoms with E-state index in [1.165, 1.54) is 11.3 Å². The van der Waals surface area contributed by atoms with Gasteiger partial charge in [0.15, 0.2) is 0 Å². The Kier molecular flexibility index (Phi) is 5.54. The molecule has 4 heterocycles. The summed E-state index contributed by atoms with van der Waals surface area (Å²) in [4.78, 5) is 30.4. The zero-order valence-electron chi connectivity index (χ0n) is 15.3. The molecule has 7 nitrogen and oxygen atoms in total. The highest BCUT2D eigenvalue weighted by Gasteiger charge is 2.24. The lowest BCUT2D eigenvalue weighted by molar-refractivity contribution is 0.0751. The van der Waals surface area contributed by atoms with E-state index in [0.29, 0.717) is 18.9 Å². The number of hydrogen-bond donors (Lipinski definition) is 1. The third kappa shape index (κ3) is 4.31. The number of rotatable bonds is 4. The topological polar surface area (TPSA) is 74.2 Å². The van der Waals surface area contributed by atoms with Crippen LogP contribution in [0.3, 0.4) is 0 Å². The number of nitrogens with one attached hydrogen (secondary N) is 1. The van der Waals surface area contributed by atoms with E-state index >= 15 is 0 Å². The molecule has 3 aromatic heterocycles. The van der Waals surface area contributed by atoms with Crippen molar-refractivity contribution < 1.29 is 4.79 Å². The van der Waals surface area contributed by atoms with Gasteiger partial charge >= 0.3 is 0 Å². The van der Waals surface area contributed by atoms with E-state index < -0.39 is 0 Å². The lowest BCUT2D eigenvalue weighted by Crippen LogP contribution is -2.48. The molecule has 1 aliphatic rings. The molecule has 28 heavy (non-hydrogen) atoms. The molecule has 1 N–H and O–H groups in total. The number of hydrogen-bond acceptors (Lipinski definition) is 7. The molecule has 4 rings (SSSR count). The predicted octanol–water partition coefficient (Wildman–Crippen LogP) is 3.71. The van der Waals surface area contributed by atoms with Crippen LogP contribution in [0.5, 0.6) is 0 Å². The summed E-state index contributed by atoms with van der Waals surface area (Å²) in [5.74, 6) is 2.38. The summed E-state index contributed by atoms with van der Waals surface area (Å²) >= 11 is 4.87. The summed E-state index contributed by atoms with van der Waals surface area (Å²) < 4.78 is 0.948.